The first-order valence-corrected chi connectivity index (χ1v) is 10.3. The molecular weight excluding hydrogens is 358 g/mol. The summed E-state index contributed by atoms with van der Waals surface area (Å²) in [5.41, 5.74) is 0.298. The Kier molecular flexibility index (Phi) is 5.27. The van der Waals surface area contributed by atoms with Crippen LogP contribution in [0.1, 0.15) is 37.7 Å². The van der Waals surface area contributed by atoms with Crippen molar-refractivity contribution in [2.75, 3.05) is 47.1 Å². The van der Waals surface area contributed by atoms with E-state index in [0.29, 0.717) is 37.8 Å². The molecule has 1 N–H and O–H groups in total. The number of carbonyl (C=O) groups excluding carboxylic acids is 1. The molecule has 1 aromatic carbocycles. The average molecular weight is 389 g/mol. The topological polar surface area (TPSA) is 68.2 Å². The van der Waals surface area contributed by atoms with E-state index in [1.807, 2.05) is 23.1 Å². The Morgan fingerprint density at radius 3 is 2.61 bits per heavy atom. The van der Waals surface area contributed by atoms with Gasteiger partial charge in [-0.15, -0.1) is 0 Å². The number of fused-ring (bicyclic) bond motifs is 1. The third kappa shape index (κ3) is 2.98. The molecule has 28 heavy (non-hydrogen) atoms. The highest BCUT2D eigenvalue weighted by Crippen LogP contribution is 2.48. The van der Waals surface area contributed by atoms with E-state index in [9.17, 15) is 9.90 Å². The summed E-state index contributed by atoms with van der Waals surface area (Å²) in [5.74, 6) is 1.75. The van der Waals surface area contributed by atoms with E-state index < -0.39 is 5.41 Å². The van der Waals surface area contributed by atoms with Crippen LogP contribution in [0.5, 0.6) is 11.5 Å². The van der Waals surface area contributed by atoms with Gasteiger partial charge in [-0.2, -0.15) is 0 Å². The van der Waals surface area contributed by atoms with Crippen LogP contribution >= 0.6 is 0 Å². The van der Waals surface area contributed by atoms with E-state index in [1.165, 1.54) is 0 Å². The number of hydrogen-bond donors (Lipinski definition) is 1. The normalized spacial score (nSPS) is 28.8. The summed E-state index contributed by atoms with van der Waals surface area (Å²) in [7, 11) is 3.25. The lowest BCUT2D eigenvalue weighted by Crippen LogP contribution is -2.46. The predicted molar refractivity (Wildman–Crippen MR) is 105 cm³/mol. The van der Waals surface area contributed by atoms with Gasteiger partial charge in [-0.1, -0.05) is 18.9 Å². The van der Waals surface area contributed by atoms with Crippen molar-refractivity contribution >= 4 is 5.91 Å². The fraction of sp³-hybridized carbons (Fsp3) is 0.682. The Hall–Kier alpha value is -1.79. The number of carbonyl (C=O) groups is 1. The first kappa shape index (κ1) is 19.5. The molecule has 6 nitrogen and oxygen atoms in total. The maximum Gasteiger partial charge on any atom is 0.233 e. The van der Waals surface area contributed by atoms with Crippen molar-refractivity contribution in [2.24, 2.45) is 11.3 Å². The van der Waals surface area contributed by atoms with Crippen LogP contribution in [0.25, 0.3) is 0 Å². The molecule has 0 aromatic heterocycles. The van der Waals surface area contributed by atoms with Gasteiger partial charge in [-0.3, -0.25) is 4.79 Å². The third-order valence-corrected chi connectivity index (χ3v) is 7.28. The van der Waals surface area contributed by atoms with Crippen molar-refractivity contribution in [3.05, 3.63) is 23.8 Å². The smallest absolute Gasteiger partial charge is 0.233 e. The molecule has 0 bridgehead atoms. The lowest BCUT2D eigenvalue weighted by molar-refractivity contribution is -0.136. The second kappa shape index (κ2) is 7.56. The van der Waals surface area contributed by atoms with E-state index in [-0.39, 0.29) is 23.8 Å². The first-order valence-electron chi connectivity index (χ1n) is 10.3. The largest absolute Gasteiger partial charge is 0.493 e. The molecule has 3 fully saturated rings. The molecular formula is C22H31NO5. The van der Waals surface area contributed by atoms with Gasteiger partial charge in [0.15, 0.2) is 11.5 Å². The van der Waals surface area contributed by atoms with Gasteiger partial charge >= 0.3 is 0 Å². The molecule has 2 heterocycles. The highest BCUT2D eigenvalue weighted by molar-refractivity contribution is 5.89. The number of ether oxygens (including phenoxy) is 3. The molecule has 0 unspecified atom stereocenters. The van der Waals surface area contributed by atoms with Crippen LogP contribution in [0.4, 0.5) is 0 Å². The van der Waals surface area contributed by atoms with Crippen LogP contribution in [-0.4, -0.2) is 63.0 Å². The number of benzene rings is 1. The summed E-state index contributed by atoms with van der Waals surface area (Å²) < 4.78 is 16.5. The van der Waals surface area contributed by atoms with Crippen molar-refractivity contribution in [1.82, 2.24) is 4.90 Å². The minimum atomic E-state index is -0.509. The van der Waals surface area contributed by atoms with Gasteiger partial charge in [0.2, 0.25) is 5.91 Å². The highest BCUT2D eigenvalue weighted by atomic mass is 16.5. The molecule has 154 valence electrons. The zero-order valence-corrected chi connectivity index (χ0v) is 16.9. The third-order valence-electron chi connectivity index (χ3n) is 7.28. The quantitative estimate of drug-likeness (QED) is 0.837. The standard InChI is InChI=1S/C22H31NO5/c1-26-18-6-5-16(11-19(18)27-2)22(7-3-4-8-22)20(25)23-12-17-13-28-10-9-21(17,14-23)15-24/h5-6,11,17,24H,3-4,7-10,12-15H2,1-2H3/t17-,21-/m1/s1. The van der Waals surface area contributed by atoms with Gasteiger partial charge in [-0.25, -0.2) is 0 Å². The summed E-state index contributed by atoms with van der Waals surface area (Å²) in [5, 5.41) is 10.1. The molecule has 1 amide bonds. The number of amides is 1. The molecule has 0 radical (unpaired) electrons. The number of aliphatic hydroxyl groups excluding tert-OH is 1. The minimum absolute atomic E-state index is 0.119. The maximum absolute atomic E-state index is 13.9. The Bertz CT molecular complexity index is 730. The Labute approximate surface area is 166 Å². The summed E-state index contributed by atoms with van der Waals surface area (Å²) in [4.78, 5) is 15.9. The lowest BCUT2D eigenvalue weighted by Gasteiger charge is -2.37. The van der Waals surface area contributed by atoms with Crippen LogP contribution in [-0.2, 0) is 14.9 Å². The predicted octanol–water partition coefficient (Wildman–Crippen LogP) is 2.37. The van der Waals surface area contributed by atoms with E-state index in [1.54, 1.807) is 14.2 Å². The van der Waals surface area contributed by atoms with Crippen molar-refractivity contribution in [3.63, 3.8) is 0 Å². The number of methoxy groups -OCH3 is 2. The number of aliphatic hydroxyl groups is 1. The van der Waals surface area contributed by atoms with Gasteiger partial charge in [-0.05, 0) is 37.0 Å². The van der Waals surface area contributed by atoms with Gasteiger partial charge < -0.3 is 24.2 Å². The molecule has 2 aliphatic heterocycles. The minimum Gasteiger partial charge on any atom is -0.493 e. The molecule has 1 saturated carbocycles. The summed E-state index contributed by atoms with van der Waals surface area (Å²) >= 11 is 0. The van der Waals surface area contributed by atoms with Gasteiger partial charge in [0.1, 0.15) is 0 Å². The van der Waals surface area contributed by atoms with E-state index in [2.05, 4.69) is 0 Å². The molecule has 3 aliphatic rings. The summed E-state index contributed by atoms with van der Waals surface area (Å²) in [6.45, 7) is 2.72. The zero-order chi connectivity index (χ0) is 19.8. The Morgan fingerprint density at radius 1 is 1.21 bits per heavy atom. The van der Waals surface area contributed by atoms with Crippen LogP contribution in [0.3, 0.4) is 0 Å². The zero-order valence-electron chi connectivity index (χ0n) is 16.9. The van der Waals surface area contributed by atoms with Crippen LogP contribution in [0, 0.1) is 11.3 Å². The first-order chi connectivity index (χ1) is 13.6. The highest BCUT2D eigenvalue weighted by Gasteiger charge is 2.53. The Balaban J connectivity index is 1.66. The fourth-order valence-electron chi connectivity index (χ4n) is 5.50. The molecule has 1 aliphatic carbocycles. The van der Waals surface area contributed by atoms with E-state index >= 15 is 0 Å². The monoisotopic (exact) mass is 389 g/mol. The SMILES string of the molecule is COc1ccc(C2(C(=O)N3C[C@@H]4COCC[C@]4(CO)C3)CCCC2)cc1OC. The Morgan fingerprint density at radius 2 is 1.96 bits per heavy atom. The maximum atomic E-state index is 13.9. The van der Waals surface area contributed by atoms with Crippen molar-refractivity contribution in [2.45, 2.75) is 37.5 Å². The molecule has 1 aromatic rings. The van der Waals surface area contributed by atoms with E-state index in [0.717, 1.165) is 37.7 Å². The molecule has 2 saturated heterocycles. The van der Waals surface area contributed by atoms with Gasteiger partial charge in [0.05, 0.1) is 32.8 Å². The second-order valence-electron chi connectivity index (χ2n) is 8.59. The lowest BCUT2D eigenvalue weighted by atomic mass is 9.75. The van der Waals surface area contributed by atoms with E-state index in [4.69, 9.17) is 14.2 Å². The average Bonchev–Trinajstić information content (AvgIpc) is 3.38. The van der Waals surface area contributed by atoms with Gasteiger partial charge in [0, 0.05) is 31.0 Å². The number of hydrogen-bond acceptors (Lipinski definition) is 5. The molecule has 2 atom stereocenters. The number of nitrogens with zero attached hydrogens (tertiary/aromatic N) is 1. The molecule has 6 heteroatoms. The van der Waals surface area contributed by atoms with Crippen molar-refractivity contribution < 1.29 is 24.1 Å². The number of rotatable bonds is 5. The summed E-state index contributed by atoms with van der Waals surface area (Å²) in [6.07, 6.45) is 4.62. The second-order valence-corrected chi connectivity index (χ2v) is 8.59. The van der Waals surface area contributed by atoms with Crippen LogP contribution < -0.4 is 9.47 Å². The van der Waals surface area contributed by atoms with Crippen LogP contribution in [0.15, 0.2) is 18.2 Å². The van der Waals surface area contributed by atoms with Gasteiger partial charge in [0.25, 0.3) is 0 Å². The fourth-order valence-corrected chi connectivity index (χ4v) is 5.50. The summed E-state index contributed by atoms with van der Waals surface area (Å²) in [6, 6.07) is 5.88. The van der Waals surface area contributed by atoms with Crippen molar-refractivity contribution in [3.8, 4) is 11.5 Å². The van der Waals surface area contributed by atoms with Crippen LogP contribution in [0.2, 0.25) is 0 Å². The number of likely N-dealkylation sites (tertiary alicyclic amines) is 1. The van der Waals surface area contributed by atoms with Crippen molar-refractivity contribution in [1.29, 1.82) is 0 Å². The molecule has 0 spiro atoms. The molecule has 4 rings (SSSR count).